The van der Waals surface area contributed by atoms with Gasteiger partial charge in [-0.2, -0.15) is 0 Å². The summed E-state index contributed by atoms with van der Waals surface area (Å²) >= 11 is 1.65. The number of anilines is 1. The molecule has 0 spiro atoms. The lowest BCUT2D eigenvalue weighted by Gasteiger charge is -2.10. The third-order valence-electron chi connectivity index (χ3n) is 3.20. The summed E-state index contributed by atoms with van der Waals surface area (Å²) in [7, 11) is 1.73. The molecule has 0 atom stereocenters. The second-order valence-corrected chi connectivity index (χ2v) is 5.45. The number of aromatic nitrogens is 2. The minimum absolute atomic E-state index is 0.735. The number of imidazole rings is 1. The lowest BCUT2D eigenvalue weighted by molar-refractivity contribution is 0.202. The Labute approximate surface area is 122 Å². The number of hydrogen-bond acceptors (Lipinski definition) is 4. The second kappa shape index (κ2) is 6.07. The number of thiazole rings is 1. The Morgan fingerprint density at radius 3 is 3.10 bits per heavy atom. The monoisotopic (exact) mass is 287 g/mol. The van der Waals surface area contributed by atoms with Crippen molar-refractivity contribution in [1.29, 1.82) is 0 Å². The fourth-order valence-corrected chi connectivity index (χ4v) is 2.89. The number of fused-ring (bicyclic) bond motifs is 1. The van der Waals surface area contributed by atoms with E-state index >= 15 is 0 Å². The van der Waals surface area contributed by atoms with Gasteiger partial charge in [0.05, 0.1) is 18.8 Å². The quantitative estimate of drug-likeness (QED) is 0.756. The van der Waals surface area contributed by atoms with E-state index in [9.17, 15) is 0 Å². The van der Waals surface area contributed by atoms with E-state index in [-0.39, 0.29) is 0 Å². The van der Waals surface area contributed by atoms with Crippen molar-refractivity contribution in [2.24, 2.45) is 0 Å². The van der Waals surface area contributed by atoms with Crippen molar-refractivity contribution in [3.8, 4) is 0 Å². The molecule has 0 fully saturated rings. The van der Waals surface area contributed by atoms with E-state index in [0.717, 1.165) is 35.9 Å². The van der Waals surface area contributed by atoms with Gasteiger partial charge in [-0.05, 0) is 18.1 Å². The zero-order valence-corrected chi connectivity index (χ0v) is 12.2. The van der Waals surface area contributed by atoms with Gasteiger partial charge >= 0.3 is 0 Å². The summed E-state index contributed by atoms with van der Waals surface area (Å²) in [5, 5.41) is 5.50. The Balaban J connectivity index is 1.69. The van der Waals surface area contributed by atoms with Crippen LogP contribution in [-0.4, -0.2) is 23.1 Å². The van der Waals surface area contributed by atoms with Gasteiger partial charge in [0.2, 0.25) is 0 Å². The Kier molecular flexibility index (Phi) is 3.99. The highest BCUT2D eigenvalue weighted by Crippen LogP contribution is 2.17. The predicted octanol–water partition coefficient (Wildman–Crippen LogP) is 3.20. The number of hydrogen-bond donors (Lipinski definition) is 1. The maximum absolute atomic E-state index is 5.15. The molecule has 104 valence electrons. The van der Waals surface area contributed by atoms with Crippen LogP contribution in [-0.2, 0) is 17.7 Å². The van der Waals surface area contributed by atoms with Crippen LogP contribution in [0.2, 0.25) is 0 Å². The highest BCUT2D eigenvalue weighted by atomic mass is 32.1. The molecule has 20 heavy (non-hydrogen) atoms. The molecule has 0 amide bonds. The van der Waals surface area contributed by atoms with Gasteiger partial charge in [-0.3, -0.25) is 4.40 Å². The topological polar surface area (TPSA) is 38.6 Å². The molecule has 0 aliphatic heterocycles. The van der Waals surface area contributed by atoms with Crippen LogP contribution in [0, 0.1) is 0 Å². The summed E-state index contributed by atoms with van der Waals surface area (Å²) in [5.74, 6) is 0. The van der Waals surface area contributed by atoms with E-state index in [2.05, 4.69) is 39.1 Å². The Morgan fingerprint density at radius 1 is 1.35 bits per heavy atom. The summed E-state index contributed by atoms with van der Waals surface area (Å²) in [5.41, 5.74) is 3.48. The lowest BCUT2D eigenvalue weighted by Crippen LogP contribution is -2.04. The standard InChI is InChI=1S/C15H17N3OS/c1-19-8-6-12-4-2-3-5-14(12)16-10-13-11-18-7-9-20-15(18)17-13/h2-5,7,9,11,16H,6,8,10H2,1H3. The molecular weight excluding hydrogens is 270 g/mol. The molecule has 2 aromatic heterocycles. The molecule has 0 radical (unpaired) electrons. The Bertz CT molecular complexity index is 661. The summed E-state index contributed by atoms with van der Waals surface area (Å²) in [6.45, 7) is 1.47. The van der Waals surface area contributed by atoms with Gasteiger partial charge in [-0.1, -0.05) is 18.2 Å². The first kappa shape index (κ1) is 13.1. The zero-order valence-electron chi connectivity index (χ0n) is 11.4. The SMILES string of the molecule is COCCc1ccccc1NCc1cn2ccsc2n1. The molecular formula is C15H17N3OS. The van der Waals surface area contributed by atoms with Crippen LogP contribution in [0.25, 0.3) is 4.96 Å². The highest BCUT2D eigenvalue weighted by Gasteiger charge is 2.04. The Morgan fingerprint density at radius 2 is 2.25 bits per heavy atom. The summed E-state index contributed by atoms with van der Waals surface area (Å²) in [6, 6.07) is 8.34. The first-order valence-corrected chi connectivity index (χ1v) is 7.46. The highest BCUT2D eigenvalue weighted by molar-refractivity contribution is 7.15. The van der Waals surface area contributed by atoms with Gasteiger partial charge < -0.3 is 10.1 Å². The molecule has 0 unspecified atom stereocenters. The first-order valence-electron chi connectivity index (χ1n) is 6.58. The first-order chi connectivity index (χ1) is 9.86. The molecule has 1 aromatic carbocycles. The molecule has 0 bridgehead atoms. The van der Waals surface area contributed by atoms with Crippen molar-refractivity contribution < 1.29 is 4.74 Å². The van der Waals surface area contributed by atoms with Crippen molar-refractivity contribution in [3.63, 3.8) is 0 Å². The van der Waals surface area contributed by atoms with Crippen molar-refractivity contribution >= 4 is 22.0 Å². The van der Waals surface area contributed by atoms with Gasteiger partial charge in [0.25, 0.3) is 0 Å². The summed E-state index contributed by atoms with van der Waals surface area (Å²) in [4.78, 5) is 5.61. The second-order valence-electron chi connectivity index (χ2n) is 4.58. The van der Waals surface area contributed by atoms with Crippen LogP contribution >= 0.6 is 11.3 Å². The molecule has 3 aromatic rings. The molecule has 1 N–H and O–H groups in total. The van der Waals surface area contributed by atoms with Crippen LogP contribution < -0.4 is 5.32 Å². The van der Waals surface area contributed by atoms with Gasteiger partial charge in [-0.25, -0.2) is 4.98 Å². The minimum Gasteiger partial charge on any atom is -0.384 e. The van der Waals surface area contributed by atoms with Gasteiger partial charge in [0.15, 0.2) is 4.96 Å². The van der Waals surface area contributed by atoms with Gasteiger partial charge in [0.1, 0.15) is 0 Å². The van der Waals surface area contributed by atoms with E-state index in [1.807, 2.05) is 17.6 Å². The third-order valence-corrected chi connectivity index (χ3v) is 3.97. The normalized spacial score (nSPS) is 11.1. The van der Waals surface area contributed by atoms with Crippen molar-refractivity contribution in [2.45, 2.75) is 13.0 Å². The predicted molar refractivity (Wildman–Crippen MR) is 82.4 cm³/mol. The smallest absolute Gasteiger partial charge is 0.193 e. The number of nitrogens with one attached hydrogen (secondary N) is 1. The maximum atomic E-state index is 5.15. The van der Waals surface area contributed by atoms with E-state index in [0.29, 0.717) is 0 Å². The van der Waals surface area contributed by atoms with Crippen LogP contribution in [0.4, 0.5) is 5.69 Å². The van der Waals surface area contributed by atoms with Crippen LogP contribution in [0.5, 0.6) is 0 Å². The lowest BCUT2D eigenvalue weighted by atomic mass is 10.1. The molecule has 0 aliphatic rings. The third kappa shape index (κ3) is 2.84. The van der Waals surface area contributed by atoms with Crippen molar-refractivity contribution in [2.75, 3.05) is 19.0 Å². The fourth-order valence-electron chi connectivity index (χ4n) is 2.17. The average molecular weight is 287 g/mol. The molecule has 2 heterocycles. The summed E-state index contributed by atoms with van der Waals surface area (Å²) in [6.07, 6.45) is 5.01. The van der Waals surface area contributed by atoms with E-state index < -0.39 is 0 Å². The van der Waals surface area contributed by atoms with Crippen LogP contribution in [0.1, 0.15) is 11.3 Å². The Hall–Kier alpha value is -1.85. The average Bonchev–Trinajstić information content (AvgIpc) is 3.04. The number of ether oxygens (including phenoxy) is 1. The maximum Gasteiger partial charge on any atom is 0.193 e. The largest absolute Gasteiger partial charge is 0.384 e. The van der Waals surface area contributed by atoms with E-state index in [1.54, 1.807) is 18.4 Å². The molecule has 0 aliphatic carbocycles. The summed E-state index contributed by atoms with van der Waals surface area (Å²) < 4.78 is 7.21. The van der Waals surface area contributed by atoms with E-state index in [1.165, 1.54) is 5.56 Å². The molecule has 4 nitrogen and oxygen atoms in total. The van der Waals surface area contributed by atoms with Crippen molar-refractivity contribution in [1.82, 2.24) is 9.38 Å². The number of para-hydroxylation sites is 1. The molecule has 0 saturated carbocycles. The minimum atomic E-state index is 0.735. The van der Waals surface area contributed by atoms with Gasteiger partial charge in [-0.15, -0.1) is 11.3 Å². The van der Waals surface area contributed by atoms with Crippen molar-refractivity contribution in [3.05, 3.63) is 53.3 Å². The molecule has 5 heteroatoms. The number of rotatable bonds is 6. The number of methoxy groups -OCH3 is 1. The molecule has 0 saturated heterocycles. The fraction of sp³-hybridized carbons (Fsp3) is 0.267. The van der Waals surface area contributed by atoms with Crippen LogP contribution in [0.15, 0.2) is 42.0 Å². The molecule has 3 rings (SSSR count). The van der Waals surface area contributed by atoms with E-state index in [4.69, 9.17) is 4.74 Å². The number of nitrogens with zero attached hydrogens (tertiary/aromatic N) is 2. The number of benzene rings is 1. The zero-order chi connectivity index (χ0) is 13.8. The van der Waals surface area contributed by atoms with Gasteiger partial charge in [0, 0.05) is 30.6 Å². The van der Waals surface area contributed by atoms with Crippen LogP contribution in [0.3, 0.4) is 0 Å².